The van der Waals surface area contributed by atoms with Gasteiger partial charge in [0.05, 0.1) is 0 Å². The zero-order valence-electron chi connectivity index (χ0n) is 14.3. The summed E-state index contributed by atoms with van der Waals surface area (Å²) in [5.74, 6) is 0.977. The van der Waals surface area contributed by atoms with Crippen LogP contribution in [0.5, 0.6) is 0 Å². The molecule has 1 aromatic carbocycles. The number of hydrogen-bond donors (Lipinski definition) is 1. The van der Waals surface area contributed by atoms with Crippen molar-refractivity contribution in [3.05, 3.63) is 30.1 Å². The summed E-state index contributed by atoms with van der Waals surface area (Å²) in [5.41, 5.74) is 0.840. The van der Waals surface area contributed by atoms with Crippen LogP contribution in [0, 0.1) is 0 Å². The van der Waals surface area contributed by atoms with E-state index in [0.717, 1.165) is 23.4 Å². The summed E-state index contributed by atoms with van der Waals surface area (Å²) in [6.45, 7) is 1.67. The minimum Gasteiger partial charge on any atom is -0.354 e. The van der Waals surface area contributed by atoms with Gasteiger partial charge >= 0.3 is 0 Å². The highest BCUT2D eigenvalue weighted by Crippen LogP contribution is 2.36. The molecule has 2 rings (SSSR count). The first kappa shape index (κ1) is 20.5. The molecule has 1 heterocycles. The Labute approximate surface area is 167 Å². The predicted octanol–water partition coefficient (Wildman–Crippen LogP) is 4.45. The lowest BCUT2D eigenvalue weighted by molar-refractivity contribution is 0.405. The van der Waals surface area contributed by atoms with Crippen molar-refractivity contribution >= 4 is 52.5 Å². The molecule has 2 aromatic rings. The summed E-state index contributed by atoms with van der Waals surface area (Å²) in [7, 11) is 4.06. The van der Waals surface area contributed by atoms with Gasteiger partial charge < -0.3 is 10.2 Å². The van der Waals surface area contributed by atoms with E-state index in [1.807, 2.05) is 44.6 Å². The van der Waals surface area contributed by atoms with E-state index in [1.54, 1.807) is 11.8 Å². The molecule has 0 fully saturated rings. The van der Waals surface area contributed by atoms with Crippen molar-refractivity contribution in [2.75, 3.05) is 38.8 Å². The molecule has 0 atom stereocenters. The largest absolute Gasteiger partial charge is 0.354 e. The molecule has 5 nitrogen and oxygen atoms in total. The molecule has 136 valence electrons. The highest BCUT2D eigenvalue weighted by atomic mass is 35.6. The molecule has 0 saturated heterocycles. The van der Waals surface area contributed by atoms with Gasteiger partial charge in [0.1, 0.15) is 0 Å². The number of nitrogens with zero attached hydrogens (tertiary/aromatic N) is 4. The lowest BCUT2D eigenvalue weighted by Crippen LogP contribution is -2.18. The Morgan fingerprint density at radius 3 is 2.32 bits per heavy atom. The summed E-state index contributed by atoms with van der Waals surface area (Å²) < 4.78 is -1.71. The maximum atomic E-state index is 5.98. The van der Waals surface area contributed by atoms with Gasteiger partial charge in [0.2, 0.25) is 9.74 Å². The van der Waals surface area contributed by atoms with E-state index in [2.05, 4.69) is 25.2 Å². The van der Waals surface area contributed by atoms with Crippen LogP contribution in [-0.2, 0) is 3.79 Å². The first-order chi connectivity index (χ1) is 11.8. The molecular formula is C16H20Cl3N5S. The Hall–Kier alpha value is -0.790. The van der Waals surface area contributed by atoms with Crippen LogP contribution in [0.25, 0.3) is 11.4 Å². The molecule has 0 radical (unpaired) electrons. The normalized spacial score (nSPS) is 11.8. The highest BCUT2D eigenvalue weighted by molar-refractivity contribution is 7.98. The second kappa shape index (κ2) is 9.24. The fraction of sp³-hybridized carbons (Fsp3) is 0.438. The molecule has 0 spiro atoms. The van der Waals surface area contributed by atoms with Gasteiger partial charge in [-0.2, -0.15) is 9.97 Å². The van der Waals surface area contributed by atoms with Crippen LogP contribution in [0.1, 0.15) is 12.2 Å². The lowest BCUT2D eigenvalue weighted by atomic mass is 10.2. The summed E-state index contributed by atoms with van der Waals surface area (Å²) >= 11 is 19.6. The van der Waals surface area contributed by atoms with Gasteiger partial charge in [0, 0.05) is 17.0 Å². The molecule has 0 aliphatic heterocycles. The molecule has 0 aliphatic rings. The topological polar surface area (TPSA) is 53.9 Å². The van der Waals surface area contributed by atoms with E-state index in [1.165, 1.54) is 0 Å². The first-order valence-corrected chi connectivity index (χ1v) is 10.0. The monoisotopic (exact) mass is 419 g/mol. The Balaban J connectivity index is 2.26. The van der Waals surface area contributed by atoms with Crippen molar-refractivity contribution in [3.63, 3.8) is 0 Å². The van der Waals surface area contributed by atoms with Crippen molar-refractivity contribution in [1.29, 1.82) is 0 Å². The van der Waals surface area contributed by atoms with Crippen molar-refractivity contribution in [2.24, 2.45) is 0 Å². The van der Waals surface area contributed by atoms with Gasteiger partial charge in [-0.15, -0.1) is 11.8 Å². The van der Waals surface area contributed by atoms with Gasteiger partial charge in [-0.25, -0.2) is 4.98 Å². The third-order valence-corrected chi connectivity index (χ3v) is 4.55. The Kier molecular flexibility index (Phi) is 7.58. The van der Waals surface area contributed by atoms with Gasteiger partial charge in [-0.1, -0.05) is 46.9 Å². The molecule has 0 aliphatic carbocycles. The predicted molar refractivity (Wildman–Crippen MR) is 108 cm³/mol. The van der Waals surface area contributed by atoms with Crippen LogP contribution < -0.4 is 5.32 Å². The summed E-state index contributed by atoms with van der Waals surface area (Å²) in [5, 5.41) is 3.18. The molecule has 0 amide bonds. The number of rotatable bonds is 7. The molecule has 0 saturated carbocycles. The van der Waals surface area contributed by atoms with E-state index < -0.39 is 3.79 Å². The lowest BCUT2D eigenvalue weighted by Gasteiger charge is -2.14. The van der Waals surface area contributed by atoms with Gasteiger partial charge in [-0.05, 0) is 45.4 Å². The number of thioether (sulfide) groups is 1. The van der Waals surface area contributed by atoms with E-state index in [9.17, 15) is 0 Å². The number of anilines is 1. The Bertz CT molecular complexity index is 689. The van der Waals surface area contributed by atoms with Crippen molar-refractivity contribution in [1.82, 2.24) is 19.9 Å². The molecule has 0 unspecified atom stereocenters. The summed E-state index contributed by atoms with van der Waals surface area (Å²) in [4.78, 5) is 16.3. The van der Waals surface area contributed by atoms with Crippen LogP contribution >= 0.6 is 46.6 Å². The second-order valence-corrected chi connectivity index (χ2v) is 8.78. The smallest absolute Gasteiger partial charge is 0.250 e. The van der Waals surface area contributed by atoms with Crippen LogP contribution in [0.2, 0.25) is 0 Å². The average Bonchev–Trinajstić information content (AvgIpc) is 2.57. The number of halogens is 3. The summed E-state index contributed by atoms with van der Waals surface area (Å²) in [6.07, 6.45) is 2.97. The van der Waals surface area contributed by atoms with Crippen LogP contribution in [0.4, 0.5) is 5.95 Å². The van der Waals surface area contributed by atoms with Crippen molar-refractivity contribution < 1.29 is 0 Å². The quantitative estimate of drug-likeness (QED) is 0.406. The first-order valence-electron chi connectivity index (χ1n) is 7.66. The molecule has 25 heavy (non-hydrogen) atoms. The molecular weight excluding hydrogens is 401 g/mol. The fourth-order valence-corrected chi connectivity index (χ4v) is 2.71. The minimum atomic E-state index is -1.71. The molecule has 0 bridgehead atoms. The zero-order valence-corrected chi connectivity index (χ0v) is 17.3. The molecule has 9 heteroatoms. The third kappa shape index (κ3) is 6.46. The number of nitrogens with one attached hydrogen (secondary N) is 1. The minimum absolute atomic E-state index is 0.103. The maximum Gasteiger partial charge on any atom is 0.250 e. The van der Waals surface area contributed by atoms with E-state index >= 15 is 0 Å². The van der Waals surface area contributed by atoms with Gasteiger partial charge in [0.25, 0.3) is 0 Å². The van der Waals surface area contributed by atoms with E-state index in [0.29, 0.717) is 18.3 Å². The van der Waals surface area contributed by atoms with Crippen LogP contribution in [0.3, 0.4) is 0 Å². The number of alkyl halides is 3. The van der Waals surface area contributed by atoms with E-state index in [4.69, 9.17) is 34.8 Å². The second-order valence-electron chi connectivity index (χ2n) is 5.62. The SMILES string of the molecule is CSc1ccc(-c2nc(NCCCN(C)C)nc(C(Cl)(Cl)Cl)n2)cc1. The van der Waals surface area contributed by atoms with Crippen molar-refractivity contribution in [3.8, 4) is 11.4 Å². The fourth-order valence-electron chi connectivity index (χ4n) is 2.05. The number of benzene rings is 1. The third-order valence-electron chi connectivity index (χ3n) is 3.30. The summed E-state index contributed by atoms with van der Waals surface area (Å²) in [6, 6.07) is 7.89. The number of hydrogen-bond acceptors (Lipinski definition) is 6. The van der Waals surface area contributed by atoms with Gasteiger partial charge in [0.15, 0.2) is 11.6 Å². The Morgan fingerprint density at radius 2 is 1.76 bits per heavy atom. The zero-order chi connectivity index (χ0) is 18.4. The standard InChI is InChI=1S/C16H20Cl3N5S/c1-24(2)10-4-9-20-15-22-13(21-14(23-15)16(17,18)19)11-5-7-12(25-3)8-6-11/h5-8H,4,9-10H2,1-3H3,(H,20,21,22,23). The molecule has 1 aromatic heterocycles. The average molecular weight is 421 g/mol. The van der Waals surface area contributed by atoms with Crippen molar-refractivity contribution in [2.45, 2.75) is 15.1 Å². The number of aromatic nitrogens is 3. The molecule has 1 N–H and O–H groups in total. The van der Waals surface area contributed by atoms with Crippen LogP contribution in [0.15, 0.2) is 29.2 Å². The van der Waals surface area contributed by atoms with Crippen LogP contribution in [-0.4, -0.2) is 53.3 Å². The maximum absolute atomic E-state index is 5.98. The van der Waals surface area contributed by atoms with E-state index in [-0.39, 0.29) is 5.82 Å². The Morgan fingerprint density at radius 1 is 1.08 bits per heavy atom. The highest BCUT2D eigenvalue weighted by Gasteiger charge is 2.28. The van der Waals surface area contributed by atoms with Gasteiger partial charge in [-0.3, -0.25) is 0 Å².